The van der Waals surface area contributed by atoms with Gasteiger partial charge < -0.3 is 15.1 Å². The summed E-state index contributed by atoms with van der Waals surface area (Å²) >= 11 is 1.95. The molecule has 3 aliphatic heterocycles. The van der Waals surface area contributed by atoms with Gasteiger partial charge in [-0.15, -0.1) is 0 Å². The van der Waals surface area contributed by atoms with Crippen molar-refractivity contribution in [2.45, 2.75) is 37.4 Å². The summed E-state index contributed by atoms with van der Waals surface area (Å²) in [5, 5.41) is 4.71. The number of pyridine rings is 1. The van der Waals surface area contributed by atoms with Gasteiger partial charge in [0.1, 0.15) is 5.82 Å². The molecule has 6 nitrogen and oxygen atoms in total. The Labute approximate surface area is 189 Å². The van der Waals surface area contributed by atoms with E-state index in [9.17, 15) is 4.79 Å². The van der Waals surface area contributed by atoms with Gasteiger partial charge in [0.15, 0.2) is 0 Å². The molecule has 3 saturated heterocycles. The molecule has 2 atom stereocenters. The summed E-state index contributed by atoms with van der Waals surface area (Å²) in [5.74, 6) is 3.56. The van der Waals surface area contributed by atoms with Crippen molar-refractivity contribution in [1.82, 2.24) is 20.1 Å². The summed E-state index contributed by atoms with van der Waals surface area (Å²) in [5.41, 5.74) is 1.07. The molecule has 5 rings (SSSR count). The van der Waals surface area contributed by atoms with Gasteiger partial charge in [-0.25, -0.2) is 4.98 Å². The van der Waals surface area contributed by atoms with Gasteiger partial charge in [0.2, 0.25) is 5.91 Å². The summed E-state index contributed by atoms with van der Waals surface area (Å²) in [7, 11) is 2.26. The van der Waals surface area contributed by atoms with E-state index in [4.69, 9.17) is 4.98 Å². The van der Waals surface area contributed by atoms with Crippen LogP contribution < -0.4 is 10.2 Å². The Hall–Kier alpha value is -1.83. The smallest absolute Gasteiger partial charge is 0.239 e. The average molecular weight is 440 g/mol. The Morgan fingerprint density at radius 1 is 1.06 bits per heavy atom. The number of nitrogens with one attached hydrogen (secondary N) is 1. The Morgan fingerprint density at radius 3 is 2.65 bits per heavy atom. The Kier molecular flexibility index (Phi) is 6.34. The number of amides is 1. The maximum Gasteiger partial charge on any atom is 0.239 e. The van der Waals surface area contributed by atoms with Crippen LogP contribution >= 0.6 is 11.8 Å². The maximum atomic E-state index is 12.9. The van der Waals surface area contributed by atoms with Crippen LogP contribution in [0.4, 0.5) is 5.82 Å². The SMILES string of the molecule is CN(C1CCN(c2ccc3ccccc3n2)CC1)C1CN[C@H](C(=O)N2CCSCC2)C1. The highest BCUT2D eigenvalue weighted by Gasteiger charge is 2.37. The van der Waals surface area contributed by atoms with Gasteiger partial charge in [0.05, 0.1) is 11.6 Å². The number of hydrogen-bond donors (Lipinski definition) is 1. The van der Waals surface area contributed by atoms with Crippen LogP contribution in [0.5, 0.6) is 0 Å². The number of hydrogen-bond acceptors (Lipinski definition) is 6. The van der Waals surface area contributed by atoms with E-state index < -0.39 is 0 Å². The monoisotopic (exact) mass is 439 g/mol. The average Bonchev–Trinajstić information content (AvgIpc) is 3.34. The fourth-order valence-electron chi connectivity index (χ4n) is 5.25. The van der Waals surface area contributed by atoms with Crippen molar-refractivity contribution in [2.24, 2.45) is 0 Å². The van der Waals surface area contributed by atoms with Crippen LogP contribution in [-0.4, -0.2) is 90.1 Å². The molecule has 1 unspecified atom stereocenters. The zero-order valence-corrected chi connectivity index (χ0v) is 19.2. The van der Waals surface area contributed by atoms with Crippen molar-refractivity contribution >= 4 is 34.4 Å². The van der Waals surface area contributed by atoms with E-state index >= 15 is 0 Å². The summed E-state index contributed by atoms with van der Waals surface area (Å²) in [6.07, 6.45) is 3.22. The van der Waals surface area contributed by atoms with E-state index in [0.717, 1.165) is 74.8 Å². The second-order valence-corrected chi connectivity index (χ2v) is 10.3. The molecule has 0 spiro atoms. The van der Waals surface area contributed by atoms with Crippen LogP contribution in [0, 0.1) is 0 Å². The number of para-hydroxylation sites is 1. The molecular weight excluding hydrogens is 406 g/mol. The number of benzene rings is 1. The minimum Gasteiger partial charge on any atom is -0.356 e. The molecule has 0 saturated carbocycles. The fourth-order valence-corrected chi connectivity index (χ4v) is 6.15. The zero-order chi connectivity index (χ0) is 21.2. The molecule has 2 aromatic rings. The maximum absolute atomic E-state index is 12.9. The van der Waals surface area contributed by atoms with E-state index in [0.29, 0.717) is 18.0 Å². The van der Waals surface area contributed by atoms with Gasteiger partial charge in [-0.05, 0) is 44.5 Å². The predicted octanol–water partition coefficient (Wildman–Crippen LogP) is 2.44. The number of nitrogens with zero attached hydrogens (tertiary/aromatic N) is 4. The molecule has 0 bridgehead atoms. The van der Waals surface area contributed by atoms with E-state index in [2.05, 4.69) is 63.5 Å². The molecule has 166 valence electrons. The van der Waals surface area contributed by atoms with Gasteiger partial charge in [-0.3, -0.25) is 9.69 Å². The van der Waals surface area contributed by atoms with Crippen LogP contribution in [-0.2, 0) is 4.79 Å². The molecular formula is C24H33N5OS. The van der Waals surface area contributed by atoms with Crippen molar-refractivity contribution in [3.8, 4) is 0 Å². The molecule has 31 heavy (non-hydrogen) atoms. The van der Waals surface area contributed by atoms with Crippen molar-refractivity contribution in [3.05, 3.63) is 36.4 Å². The molecule has 1 aromatic carbocycles. The number of anilines is 1. The molecule has 1 aromatic heterocycles. The summed E-state index contributed by atoms with van der Waals surface area (Å²) in [4.78, 5) is 24.8. The van der Waals surface area contributed by atoms with Crippen LogP contribution in [0.3, 0.4) is 0 Å². The Morgan fingerprint density at radius 2 is 1.84 bits per heavy atom. The summed E-state index contributed by atoms with van der Waals surface area (Å²) in [6.45, 7) is 4.80. The minimum atomic E-state index is -0.00237. The third-order valence-electron chi connectivity index (χ3n) is 7.25. The number of aromatic nitrogens is 1. The lowest BCUT2D eigenvalue weighted by atomic mass is 10.0. The van der Waals surface area contributed by atoms with Crippen LogP contribution in [0.25, 0.3) is 10.9 Å². The minimum absolute atomic E-state index is 0.00237. The lowest BCUT2D eigenvalue weighted by Crippen LogP contribution is -2.48. The van der Waals surface area contributed by atoms with E-state index in [1.54, 1.807) is 0 Å². The lowest BCUT2D eigenvalue weighted by molar-refractivity contribution is -0.132. The Balaban J connectivity index is 1.14. The highest BCUT2D eigenvalue weighted by atomic mass is 32.2. The molecule has 3 aliphatic rings. The molecule has 4 heterocycles. The number of rotatable bonds is 4. The van der Waals surface area contributed by atoms with Gasteiger partial charge in [-0.1, -0.05) is 18.2 Å². The largest absolute Gasteiger partial charge is 0.356 e. The highest BCUT2D eigenvalue weighted by molar-refractivity contribution is 7.99. The van der Waals surface area contributed by atoms with E-state index in [1.807, 2.05) is 11.8 Å². The Bertz CT molecular complexity index is 910. The number of thioether (sulfide) groups is 1. The van der Waals surface area contributed by atoms with Crippen molar-refractivity contribution in [1.29, 1.82) is 0 Å². The first-order chi connectivity index (χ1) is 15.2. The molecule has 1 amide bonds. The van der Waals surface area contributed by atoms with Crippen LogP contribution in [0.1, 0.15) is 19.3 Å². The molecule has 0 radical (unpaired) electrons. The third-order valence-corrected chi connectivity index (χ3v) is 8.20. The number of carbonyl (C=O) groups is 1. The molecule has 7 heteroatoms. The van der Waals surface area contributed by atoms with Crippen molar-refractivity contribution in [3.63, 3.8) is 0 Å². The van der Waals surface area contributed by atoms with Gasteiger partial charge >= 0.3 is 0 Å². The fraction of sp³-hybridized carbons (Fsp3) is 0.583. The number of likely N-dealkylation sites (N-methyl/N-ethyl adjacent to an activating group) is 1. The second-order valence-electron chi connectivity index (χ2n) is 9.03. The van der Waals surface area contributed by atoms with Crippen LogP contribution in [0.2, 0.25) is 0 Å². The third kappa shape index (κ3) is 4.54. The molecule has 3 fully saturated rings. The lowest BCUT2D eigenvalue weighted by Gasteiger charge is -2.39. The molecule has 0 aliphatic carbocycles. The number of carbonyl (C=O) groups excluding carboxylic acids is 1. The van der Waals surface area contributed by atoms with E-state index in [1.165, 1.54) is 5.39 Å². The predicted molar refractivity (Wildman–Crippen MR) is 129 cm³/mol. The number of fused-ring (bicyclic) bond motifs is 1. The highest BCUT2D eigenvalue weighted by Crippen LogP contribution is 2.26. The van der Waals surface area contributed by atoms with Gasteiger partial charge in [0, 0.05) is 61.7 Å². The normalized spacial score (nSPS) is 25.5. The first-order valence-electron chi connectivity index (χ1n) is 11.6. The topological polar surface area (TPSA) is 51.7 Å². The zero-order valence-electron chi connectivity index (χ0n) is 18.4. The second kappa shape index (κ2) is 9.35. The number of piperidine rings is 1. The van der Waals surface area contributed by atoms with Crippen LogP contribution in [0.15, 0.2) is 36.4 Å². The van der Waals surface area contributed by atoms with E-state index in [-0.39, 0.29) is 6.04 Å². The van der Waals surface area contributed by atoms with Gasteiger partial charge in [-0.2, -0.15) is 11.8 Å². The summed E-state index contributed by atoms with van der Waals surface area (Å²) in [6, 6.07) is 13.7. The van der Waals surface area contributed by atoms with Crippen molar-refractivity contribution in [2.75, 3.05) is 56.2 Å². The first kappa shape index (κ1) is 21.0. The summed E-state index contributed by atoms with van der Waals surface area (Å²) < 4.78 is 0. The first-order valence-corrected chi connectivity index (χ1v) is 12.8. The molecule has 1 N–H and O–H groups in total. The van der Waals surface area contributed by atoms with Crippen molar-refractivity contribution < 1.29 is 4.79 Å². The standard InChI is InChI=1S/C24H33N5OS/c1-27(20-16-22(25-17-20)24(30)29-12-14-31-15-13-29)19-8-10-28(11-9-19)23-7-6-18-4-2-3-5-21(18)26-23/h2-7,19-20,22,25H,8-17H2,1H3/t20?,22-/m0/s1. The van der Waals surface area contributed by atoms with Gasteiger partial charge in [0.25, 0.3) is 0 Å². The quantitative estimate of drug-likeness (QED) is 0.790.